The topological polar surface area (TPSA) is 61.0 Å². The van der Waals surface area contributed by atoms with Gasteiger partial charge in [-0.2, -0.15) is 0 Å². The summed E-state index contributed by atoms with van der Waals surface area (Å²) < 4.78 is 5.83. The van der Waals surface area contributed by atoms with Crippen molar-refractivity contribution in [3.8, 4) is 11.5 Å². The fourth-order valence-electron chi connectivity index (χ4n) is 1.88. The van der Waals surface area contributed by atoms with E-state index in [1.165, 1.54) is 0 Å². The largest absolute Gasteiger partial charge is 0.453 e. The van der Waals surface area contributed by atoms with Crippen LogP contribution in [0.4, 0.5) is 0 Å². The molecule has 0 aliphatic heterocycles. The van der Waals surface area contributed by atoms with Crippen LogP contribution < -0.4 is 10.5 Å². The first-order valence-electron chi connectivity index (χ1n) is 6.03. The number of para-hydroxylation sites is 1. The smallest absolute Gasteiger partial charge is 0.153 e. The Kier molecular flexibility index (Phi) is 3.08. The molecule has 19 heavy (non-hydrogen) atoms. The van der Waals surface area contributed by atoms with Gasteiger partial charge in [-0.3, -0.25) is 9.97 Å². The number of nitrogens with zero attached hydrogens (tertiary/aromatic N) is 2. The lowest BCUT2D eigenvalue weighted by molar-refractivity contribution is 0.484. The lowest BCUT2D eigenvalue weighted by Gasteiger charge is -2.08. The summed E-state index contributed by atoms with van der Waals surface area (Å²) >= 11 is 0. The molecule has 1 aromatic carbocycles. The third-order valence-electron chi connectivity index (χ3n) is 2.83. The fraction of sp³-hybridized carbons (Fsp3) is 0.0667. The van der Waals surface area contributed by atoms with E-state index >= 15 is 0 Å². The maximum absolute atomic E-state index is 5.83. The van der Waals surface area contributed by atoms with Crippen molar-refractivity contribution in [2.24, 2.45) is 5.73 Å². The number of ether oxygens (including phenoxy) is 1. The van der Waals surface area contributed by atoms with Crippen molar-refractivity contribution in [2.75, 3.05) is 0 Å². The normalized spacial score (nSPS) is 10.6. The summed E-state index contributed by atoms with van der Waals surface area (Å²) in [5.74, 6) is 1.40. The molecule has 0 aliphatic rings. The van der Waals surface area contributed by atoms with Crippen molar-refractivity contribution in [1.29, 1.82) is 0 Å². The van der Waals surface area contributed by atoms with Crippen molar-refractivity contribution in [1.82, 2.24) is 9.97 Å². The lowest BCUT2D eigenvalue weighted by Crippen LogP contribution is -1.98. The van der Waals surface area contributed by atoms with E-state index in [9.17, 15) is 0 Å². The highest BCUT2D eigenvalue weighted by Crippen LogP contribution is 2.27. The van der Waals surface area contributed by atoms with Crippen LogP contribution in [0.1, 0.15) is 5.69 Å². The zero-order valence-corrected chi connectivity index (χ0v) is 10.3. The van der Waals surface area contributed by atoms with E-state index in [4.69, 9.17) is 10.5 Å². The van der Waals surface area contributed by atoms with Gasteiger partial charge in [-0.25, -0.2) is 0 Å². The monoisotopic (exact) mass is 251 g/mol. The Morgan fingerprint density at radius 3 is 2.68 bits per heavy atom. The van der Waals surface area contributed by atoms with E-state index in [1.54, 1.807) is 12.4 Å². The number of hydrogen-bond donors (Lipinski definition) is 1. The first-order valence-corrected chi connectivity index (χ1v) is 6.03. The Morgan fingerprint density at radius 2 is 1.89 bits per heavy atom. The lowest BCUT2D eigenvalue weighted by atomic mass is 10.2. The van der Waals surface area contributed by atoms with Crippen LogP contribution >= 0.6 is 0 Å². The van der Waals surface area contributed by atoms with E-state index < -0.39 is 0 Å². The van der Waals surface area contributed by atoms with Crippen LogP contribution in [0.15, 0.2) is 54.9 Å². The minimum atomic E-state index is 0.427. The molecule has 0 amide bonds. The summed E-state index contributed by atoms with van der Waals surface area (Å²) in [6, 6.07) is 13.5. The number of fused-ring (bicyclic) bond motifs is 1. The zero-order chi connectivity index (χ0) is 13.1. The zero-order valence-electron chi connectivity index (χ0n) is 10.3. The van der Waals surface area contributed by atoms with Gasteiger partial charge >= 0.3 is 0 Å². The molecule has 0 fully saturated rings. The molecular weight excluding hydrogens is 238 g/mol. The molecule has 0 aliphatic carbocycles. The van der Waals surface area contributed by atoms with Gasteiger partial charge in [0.25, 0.3) is 0 Å². The third-order valence-corrected chi connectivity index (χ3v) is 2.83. The molecule has 0 saturated carbocycles. The summed E-state index contributed by atoms with van der Waals surface area (Å²) in [6.07, 6.45) is 3.43. The van der Waals surface area contributed by atoms with Crippen molar-refractivity contribution in [3.05, 3.63) is 60.6 Å². The molecule has 2 aromatic heterocycles. The Labute approximate surface area is 110 Å². The molecule has 94 valence electrons. The summed E-state index contributed by atoms with van der Waals surface area (Å²) in [6.45, 7) is 0.427. The van der Waals surface area contributed by atoms with Crippen molar-refractivity contribution in [3.63, 3.8) is 0 Å². The van der Waals surface area contributed by atoms with Crippen molar-refractivity contribution in [2.45, 2.75) is 6.54 Å². The first-order chi connectivity index (χ1) is 9.36. The maximum Gasteiger partial charge on any atom is 0.153 e. The highest BCUT2D eigenvalue weighted by molar-refractivity contribution is 5.84. The Balaban J connectivity index is 1.96. The highest BCUT2D eigenvalue weighted by Gasteiger charge is 2.04. The predicted octanol–water partition coefficient (Wildman–Crippen LogP) is 2.88. The summed E-state index contributed by atoms with van der Waals surface area (Å²) in [4.78, 5) is 8.55. The van der Waals surface area contributed by atoms with Gasteiger partial charge in [-0.05, 0) is 24.3 Å². The molecular formula is C15H13N3O. The van der Waals surface area contributed by atoms with Crippen LogP contribution in [0.25, 0.3) is 10.9 Å². The standard InChI is InChI=1S/C15H13N3O/c16-9-12-6-7-13(10-18-12)19-14-5-1-3-11-4-2-8-17-15(11)14/h1-8,10H,9,16H2. The Hall–Kier alpha value is -2.46. The molecule has 0 unspecified atom stereocenters. The molecule has 4 nitrogen and oxygen atoms in total. The van der Waals surface area contributed by atoms with Crippen LogP contribution in [-0.2, 0) is 6.54 Å². The number of rotatable bonds is 3. The highest BCUT2D eigenvalue weighted by atomic mass is 16.5. The molecule has 2 N–H and O–H groups in total. The number of hydrogen-bond acceptors (Lipinski definition) is 4. The third kappa shape index (κ3) is 2.39. The van der Waals surface area contributed by atoms with Gasteiger partial charge in [-0.15, -0.1) is 0 Å². The quantitative estimate of drug-likeness (QED) is 0.777. The van der Waals surface area contributed by atoms with Crippen LogP contribution in [0, 0.1) is 0 Å². The molecule has 0 saturated heterocycles. The van der Waals surface area contributed by atoms with Crippen LogP contribution in [0.2, 0.25) is 0 Å². The minimum Gasteiger partial charge on any atom is -0.453 e. The van der Waals surface area contributed by atoms with Gasteiger partial charge < -0.3 is 10.5 Å². The maximum atomic E-state index is 5.83. The summed E-state index contributed by atoms with van der Waals surface area (Å²) in [5.41, 5.74) is 7.19. The van der Waals surface area contributed by atoms with E-state index in [0.717, 1.165) is 22.3 Å². The molecule has 0 radical (unpaired) electrons. The molecule has 0 bridgehead atoms. The average Bonchev–Trinajstić information content (AvgIpc) is 2.48. The second-order valence-corrected chi connectivity index (χ2v) is 4.12. The predicted molar refractivity (Wildman–Crippen MR) is 73.9 cm³/mol. The van der Waals surface area contributed by atoms with Gasteiger partial charge in [0.2, 0.25) is 0 Å². The van der Waals surface area contributed by atoms with Gasteiger partial charge in [0.05, 0.1) is 11.9 Å². The Morgan fingerprint density at radius 1 is 1.00 bits per heavy atom. The van der Waals surface area contributed by atoms with E-state index in [1.807, 2.05) is 42.5 Å². The van der Waals surface area contributed by atoms with Crippen LogP contribution in [0.3, 0.4) is 0 Å². The Bertz CT molecular complexity index is 690. The first kappa shape index (κ1) is 11.6. The second kappa shape index (κ2) is 5.04. The SMILES string of the molecule is NCc1ccc(Oc2cccc3cccnc23)cn1. The van der Waals surface area contributed by atoms with Gasteiger partial charge in [0, 0.05) is 18.1 Å². The fourth-order valence-corrected chi connectivity index (χ4v) is 1.88. The van der Waals surface area contributed by atoms with Crippen molar-refractivity contribution < 1.29 is 4.74 Å². The number of pyridine rings is 2. The number of aromatic nitrogens is 2. The molecule has 0 spiro atoms. The molecule has 4 heteroatoms. The van der Waals surface area contributed by atoms with E-state index in [2.05, 4.69) is 9.97 Å². The number of benzene rings is 1. The van der Waals surface area contributed by atoms with Crippen LogP contribution in [0.5, 0.6) is 11.5 Å². The molecule has 3 rings (SSSR count). The van der Waals surface area contributed by atoms with E-state index in [-0.39, 0.29) is 0 Å². The number of nitrogens with two attached hydrogens (primary N) is 1. The summed E-state index contributed by atoms with van der Waals surface area (Å²) in [5, 5.41) is 1.05. The molecule has 0 atom stereocenters. The minimum absolute atomic E-state index is 0.427. The van der Waals surface area contributed by atoms with Gasteiger partial charge in [0.15, 0.2) is 5.75 Å². The molecule has 3 aromatic rings. The van der Waals surface area contributed by atoms with Gasteiger partial charge in [-0.1, -0.05) is 18.2 Å². The average molecular weight is 251 g/mol. The van der Waals surface area contributed by atoms with Gasteiger partial charge in [0.1, 0.15) is 11.3 Å². The molecule has 2 heterocycles. The second-order valence-electron chi connectivity index (χ2n) is 4.12. The summed E-state index contributed by atoms with van der Waals surface area (Å²) in [7, 11) is 0. The van der Waals surface area contributed by atoms with Crippen molar-refractivity contribution >= 4 is 10.9 Å². The van der Waals surface area contributed by atoms with E-state index in [0.29, 0.717) is 12.3 Å². The van der Waals surface area contributed by atoms with Crippen LogP contribution in [-0.4, -0.2) is 9.97 Å².